The quantitative estimate of drug-likeness (QED) is 0.378. The molecule has 30 heavy (non-hydrogen) atoms. The molecule has 0 saturated carbocycles. The Morgan fingerprint density at radius 2 is 1.87 bits per heavy atom. The molecule has 148 valence electrons. The van der Waals surface area contributed by atoms with Gasteiger partial charge in [0.05, 0.1) is 16.7 Å². The first-order valence-electron chi connectivity index (χ1n) is 9.33. The maximum atomic E-state index is 12.5. The van der Waals surface area contributed by atoms with Crippen molar-refractivity contribution >= 4 is 40.0 Å². The van der Waals surface area contributed by atoms with Gasteiger partial charge in [0.1, 0.15) is 5.65 Å². The number of hydrogen-bond acceptors (Lipinski definition) is 4. The van der Waals surface area contributed by atoms with Crippen molar-refractivity contribution in [2.45, 2.75) is 10.6 Å². The van der Waals surface area contributed by atoms with E-state index in [2.05, 4.69) is 20.3 Å². The molecule has 7 nitrogen and oxygen atoms in total. The molecule has 3 heterocycles. The monoisotopic (exact) mass is 415 g/mol. The summed E-state index contributed by atoms with van der Waals surface area (Å²) in [6, 6.07) is 18.6. The molecule has 3 N–H and O–H groups in total. The van der Waals surface area contributed by atoms with Gasteiger partial charge in [0, 0.05) is 34.3 Å². The van der Waals surface area contributed by atoms with Crippen LogP contribution in [0.3, 0.4) is 0 Å². The van der Waals surface area contributed by atoms with Crippen LogP contribution in [-0.2, 0) is 5.75 Å². The number of aromatic amines is 2. The van der Waals surface area contributed by atoms with E-state index >= 15 is 0 Å². The van der Waals surface area contributed by atoms with Crippen molar-refractivity contribution in [3.8, 4) is 0 Å². The smallest absolute Gasteiger partial charge is 0.322 e. The Morgan fingerprint density at radius 3 is 2.70 bits per heavy atom. The molecular weight excluding hydrogens is 398 g/mol. The molecule has 0 aliphatic rings. The number of H-pyrrole nitrogens is 2. The van der Waals surface area contributed by atoms with Gasteiger partial charge in [-0.15, -0.1) is 11.8 Å². The lowest BCUT2D eigenvalue weighted by molar-refractivity contribution is 0.102. The summed E-state index contributed by atoms with van der Waals surface area (Å²) in [7, 11) is 0. The van der Waals surface area contributed by atoms with Gasteiger partial charge in [-0.1, -0.05) is 6.07 Å². The summed E-state index contributed by atoms with van der Waals surface area (Å²) >= 11 is 1.67. The topological polar surface area (TPSA) is 95.0 Å². The summed E-state index contributed by atoms with van der Waals surface area (Å²) in [5.74, 6) is 0.548. The van der Waals surface area contributed by atoms with E-state index in [-0.39, 0.29) is 11.6 Å². The van der Waals surface area contributed by atoms with Crippen LogP contribution in [0.15, 0.2) is 82.7 Å². The van der Waals surface area contributed by atoms with Crippen LogP contribution in [0, 0.1) is 0 Å². The van der Waals surface area contributed by atoms with Crippen LogP contribution in [0.4, 0.5) is 5.69 Å². The zero-order valence-corrected chi connectivity index (χ0v) is 16.6. The number of carbonyl (C=O) groups is 1. The van der Waals surface area contributed by atoms with E-state index in [9.17, 15) is 9.59 Å². The normalized spacial score (nSPS) is 11.2. The van der Waals surface area contributed by atoms with Crippen LogP contribution in [0.25, 0.3) is 16.7 Å². The third kappa shape index (κ3) is 3.72. The first kappa shape index (κ1) is 18.3. The Labute approximate surface area is 175 Å². The Bertz CT molecular complexity index is 1380. The maximum absolute atomic E-state index is 12.5. The number of rotatable bonds is 5. The molecule has 0 radical (unpaired) electrons. The van der Waals surface area contributed by atoms with Crippen LogP contribution >= 0.6 is 11.8 Å². The first-order valence-corrected chi connectivity index (χ1v) is 10.3. The molecule has 0 atom stereocenters. The zero-order chi connectivity index (χ0) is 20.5. The summed E-state index contributed by atoms with van der Waals surface area (Å²) in [5, 5.41) is 2.86. The third-order valence-electron chi connectivity index (χ3n) is 4.69. The zero-order valence-electron chi connectivity index (χ0n) is 15.8. The minimum atomic E-state index is -0.273. The van der Waals surface area contributed by atoms with E-state index in [1.54, 1.807) is 42.1 Å². The molecule has 5 aromatic rings. The highest BCUT2D eigenvalue weighted by Crippen LogP contribution is 2.23. The minimum Gasteiger partial charge on any atom is -0.322 e. The van der Waals surface area contributed by atoms with Gasteiger partial charge in [0.2, 0.25) is 0 Å². The summed E-state index contributed by atoms with van der Waals surface area (Å²) in [6.07, 6.45) is 4.01. The molecule has 0 fully saturated rings. The number of fused-ring (bicyclic) bond motifs is 2. The largest absolute Gasteiger partial charge is 0.323 e. The highest BCUT2D eigenvalue weighted by Gasteiger charge is 2.08. The first-order chi connectivity index (χ1) is 14.6. The van der Waals surface area contributed by atoms with Crippen molar-refractivity contribution in [2.75, 3.05) is 5.32 Å². The predicted molar refractivity (Wildman–Crippen MR) is 118 cm³/mol. The average molecular weight is 415 g/mol. The lowest BCUT2D eigenvalue weighted by Gasteiger charge is -2.06. The van der Waals surface area contributed by atoms with Gasteiger partial charge in [-0.05, 0) is 54.6 Å². The highest BCUT2D eigenvalue weighted by atomic mass is 32.2. The van der Waals surface area contributed by atoms with E-state index in [4.69, 9.17) is 0 Å². The molecule has 0 saturated heterocycles. The SMILES string of the molecule is O=C(Nc1ccc2[nH]c(=O)[nH]c2c1)c1ccc(SCc2cn3ccccc3n2)cc1. The molecule has 0 unspecified atom stereocenters. The van der Waals surface area contributed by atoms with Gasteiger partial charge in [0.15, 0.2) is 0 Å². The van der Waals surface area contributed by atoms with Crippen LogP contribution in [-0.4, -0.2) is 25.3 Å². The molecule has 3 aromatic heterocycles. The fraction of sp³-hybridized carbons (Fsp3) is 0.0455. The van der Waals surface area contributed by atoms with Gasteiger partial charge in [-0.3, -0.25) is 4.79 Å². The summed E-state index contributed by atoms with van der Waals surface area (Å²) in [5.41, 5.74) is 4.20. The highest BCUT2D eigenvalue weighted by molar-refractivity contribution is 7.98. The molecule has 8 heteroatoms. The Balaban J connectivity index is 1.24. The number of imidazole rings is 2. The van der Waals surface area contributed by atoms with E-state index in [0.29, 0.717) is 22.3 Å². The standard InChI is InChI=1S/C22H17N5O2S/c28-21(24-15-6-9-18-19(11-15)26-22(29)25-18)14-4-7-17(8-5-14)30-13-16-12-27-10-2-1-3-20(27)23-16/h1-12H,13H2,(H,24,28)(H2,25,26,29). The van der Waals surface area contributed by atoms with Crippen LogP contribution in [0.5, 0.6) is 0 Å². The molecule has 0 aliphatic carbocycles. The number of carbonyl (C=O) groups excluding carboxylic acids is 1. The maximum Gasteiger partial charge on any atom is 0.323 e. The van der Waals surface area contributed by atoms with Gasteiger partial charge < -0.3 is 19.7 Å². The molecule has 5 rings (SSSR count). The average Bonchev–Trinajstić information content (AvgIpc) is 3.34. The van der Waals surface area contributed by atoms with Crippen molar-refractivity contribution in [3.63, 3.8) is 0 Å². The van der Waals surface area contributed by atoms with Crippen molar-refractivity contribution in [1.82, 2.24) is 19.4 Å². The van der Waals surface area contributed by atoms with Gasteiger partial charge in [-0.2, -0.15) is 0 Å². The molecule has 2 aromatic carbocycles. The number of amides is 1. The van der Waals surface area contributed by atoms with Crippen molar-refractivity contribution < 1.29 is 4.79 Å². The van der Waals surface area contributed by atoms with Crippen molar-refractivity contribution in [1.29, 1.82) is 0 Å². The second kappa shape index (κ2) is 7.57. The van der Waals surface area contributed by atoms with Crippen molar-refractivity contribution in [3.05, 3.63) is 94.8 Å². The number of anilines is 1. The molecular formula is C22H17N5O2S. The number of benzene rings is 2. The second-order valence-corrected chi connectivity index (χ2v) is 7.85. The van der Waals surface area contributed by atoms with Crippen LogP contribution < -0.4 is 11.0 Å². The molecule has 0 spiro atoms. The van der Waals surface area contributed by atoms with Crippen molar-refractivity contribution in [2.24, 2.45) is 0 Å². The van der Waals surface area contributed by atoms with Gasteiger partial charge in [0.25, 0.3) is 5.91 Å². The van der Waals surface area contributed by atoms with Gasteiger partial charge >= 0.3 is 5.69 Å². The number of hydrogen-bond donors (Lipinski definition) is 3. The Hall–Kier alpha value is -3.78. The number of aromatic nitrogens is 4. The van der Waals surface area contributed by atoms with E-state index in [1.807, 2.05) is 47.1 Å². The fourth-order valence-corrected chi connectivity index (χ4v) is 4.01. The van der Waals surface area contributed by atoms with E-state index in [0.717, 1.165) is 22.0 Å². The predicted octanol–water partition coefficient (Wildman–Crippen LogP) is 4.05. The van der Waals surface area contributed by atoms with Crippen LogP contribution in [0.1, 0.15) is 16.1 Å². The summed E-state index contributed by atoms with van der Waals surface area (Å²) in [4.78, 5) is 34.9. The van der Waals surface area contributed by atoms with Crippen LogP contribution in [0.2, 0.25) is 0 Å². The molecule has 0 aliphatic heterocycles. The molecule has 0 bridgehead atoms. The summed E-state index contributed by atoms with van der Waals surface area (Å²) < 4.78 is 2.00. The second-order valence-electron chi connectivity index (χ2n) is 6.81. The van der Waals surface area contributed by atoms with E-state index < -0.39 is 0 Å². The number of thioether (sulfide) groups is 1. The minimum absolute atomic E-state index is 0.205. The Morgan fingerprint density at radius 1 is 1.03 bits per heavy atom. The van der Waals surface area contributed by atoms with E-state index in [1.165, 1.54) is 0 Å². The lowest BCUT2D eigenvalue weighted by atomic mass is 10.2. The summed E-state index contributed by atoms with van der Waals surface area (Å²) in [6.45, 7) is 0. The molecule has 1 amide bonds. The third-order valence-corrected chi connectivity index (χ3v) is 5.74. The number of nitrogens with one attached hydrogen (secondary N) is 3. The Kier molecular flexibility index (Phi) is 4.61. The number of nitrogens with zero attached hydrogens (tertiary/aromatic N) is 2. The number of pyridine rings is 1. The lowest BCUT2D eigenvalue weighted by Crippen LogP contribution is -2.11. The van der Waals surface area contributed by atoms with Gasteiger partial charge in [-0.25, -0.2) is 9.78 Å². The fourth-order valence-electron chi connectivity index (χ4n) is 3.23.